The molecule has 2 rings (SSSR count). The van der Waals surface area contributed by atoms with Crippen molar-refractivity contribution in [1.29, 1.82) is 5.26 Å². The fraction of sp³-hybridized carbons (Fsp3) is 0.238. The molecule has 0 spiro atoms. The molecule has 0 aliphatic rings. The van der Waals surface area contributed by atoms with Crippen molar-refractivity contribution in [2.24, 2.45) is 0 Å². The van der Waals surface area contributed by atoms with E-state index >= 15 is 0 Å². The lowest BCUT2D eigenvalue weighted by molar-refractivity contribution is -0.112. The van der Waals surface area contributed by atoms with Crippen LogP contribution in [0.15, 0.2) is 54.2 Å². The summed E-state index contributed by atoms with van der Waals surface area (Å²) in [6.07, 6.45) is 1.42. The number of carbonyl (C=O) groups excluding carboxylic acids is 1. The lowest BCUT2D eigenvalue weighted by atomic mass is 10.1. The monoisotopic (exact) mass is 365 g/mol. The molecular formula is C21H23N3O3. The number of benzene rings is 2. The van der Waals surface area contributed by atoms with Crippen LogP contribution < -0.4 is 20.1 Å². The van der Waals surface area contributed by atoms with E-state index in [0.29, 0.717) is 17.2 Å². The highest BCUT2D eigenvalue weighted by Gasteiger charge is 2.12. The van der Waals surface area contributed by atoms with Crippen LogP contribution in [0.25, 0.3) is 0 Å². The fourth-order valence-corrected chi connectivity index (χ4v) is 2.41. The first-order valence-corrected chi connectivity index (χ1v) is 8.44. The van der Waals surface area contributed by atoms with Gasteiger partial charge in [-0.3, -0.25) is 4.79 Å². The number of methoxy groups -OCH3 is 2. The number of aryl methyl sites for hydroxylation is 1. The molecular weight excluding hydrogens is 342 g/mol. The molecule has 1 amide bonds. The van der Waals surface area contributed by atoms with Gasteiger partial charge >= 0.3 is 0 Å². The Hall–Kier alpha value is -3.46. The number of amides is 1. The number of hydrogen-bond donors (Lipinski definition) is 2. The Morgan fingerprint density at radius 2 is 1.78 bits per heavy atom. The Kier molecular flexibility index (Phi) is 6.84. The zero-order valence-corrected chi connectivity index (χ0v) is 15.9. The Balaban J connectivity index is 2.08. The molecule has 0 saturated heterocycles. The molecule has 0 aliphatic carbocycles. The first-order chi connectivity index (χ1) is 13.0. The zero-order chi connectivity index (χ0) is 19.8. The summed E-state index contributed by atoms with van der Waals surface area (Å²) in [5, 5.41) is 15.1. The molecule has 2 aromatic rings. The van der Waals surface area contributed by atoms with Crippen LogP contribution in [-0.2, 0) is 4.79 Å². The lowest BCUT2D eigenvalue weighted by Crippen LogP contribution is -2.18. The molecule has 140 valence electrons. The normalized spacial score (nSPS) is 11.9. The van der Waals surface area contributed by atoms with Gasteiger partial charge in [-0.1, -0.05) is 23.8 Å². The fourth-order valence-electron chi connectivity index (χ4n) is 2.41. The maximum atomic E-state index is 12.3. The smallest absolute Gasteiger partial charge is 0.267 e. The van der Waals surface area contributed by atoms with Crippen molar-refractivity contribution in [2.45, 2.75) is 19.9 Å². The highest BCUT2D eigenvalue weighted by molar-refractivity contribution is 6.06. The van der Waals surface area contributed by atoms with E-state index in [9.17, 15) is 10.1 Å². The molecule has 0 saturated carbocycles. The van der Waals surface area contributed by atoms with Crippen molar-refractivity contribution in [3.8, 4) is 17.6 Å². The second kappa shape index (κ2) is 9.30. The predicted molar refractivity (Wildman–Crippen MR) is 105 cm³/mol. The van der Waals surface area contributed by atoms with Crippen LogP contribution in [0.3, 0.4) is 0 Å². The van der Waals surface area contributed by atoms with Crippen LogP contribution >= 0.6 is 0 Å². The summed E-state index contributed by atoms with van der Waals surface area (Å²) < 4.78 is 10.5. The molecule has 1 unspecified atom stereocenters. The molecule has 1 atom stereocenters. The molecule has 0 fully saturated rings. The predicted octanol–water partition coefficient (Wildman–Crippen LogP) is 3.71. The molecule has 2 N–H and O–H groups in total. The second-order valence-corrected chi connectivity index (χ2v) is 5.99. The number of nitriles is 1. The SMILES string of the molecule is COc1ccc(C(C)N/C=C(/C#N)C(=O)Nc2ccc(C)cc2)cc1OC. The van der Waals surface area contributed by atoms with Crippen molar-refractivity contribution in [3.05, 3.63) is 65.4 Å². The second-order valence-electron chi connectivity index (χ2n) is 5.99. The van der Waals surface area contributed by atoms with Gasteiger partial charge in [0.25, 0.3) is 5.91 Å². The van der Waals surface area contributed by atoms with Gasteiger partial charge in [-0.05, 0) is 43.7 Å². The van der Waals surface area contributed by atoms with Gasteiger partial charge in [0.2, 0.25) is 0 Å². The Morgan fingerprint density at radius 3 is 2.37 bits per heavy atom. The van der Waals surface area contributed by atoms with Crippen molar-refractivity contribution in [1.82, 2.24) is 5.32 Å². The number of anilines is 1. The van der Waals surface area contributed by atoms with Crippen LogP contribution in [0.2, 0.25) is 0 Å². The summed E-state index contributed by atoms with van der Waals surface area (Å²) in [6.45, 7) is 3.89. The van der Waals surface area contributed by atoms with E-state index in [1.807, 2.05) is 50.2 Å². The van der Waals surface area contributed by atoms with Crippen LogP contribution in [0.4, 0.5) is 5.69 Å². The molecule has 27 heavy (non-hydrogen) atoms. The van der Waals surface area contributed by atoms with Crippen molar-refractivity contribution >= 4 is 11.6 Å². The third kappa shape index (κ3) is 5.25. The Morgan fingerprint density at radius 1 is 1.11 bits per heavy atom. The zero-order valence-electron chi connectivity index (χ0n) is 15.9. The summed E-state index contributed by atoms with van der Waals surface area (Å²) in [4.78, 5) is 12.3. The number of rotatable bonds is 7. The van der Waals surface area contributed by atoms with Crippen LogP contribution in [0.5, 0.6) is 11.5 Å². The number of nitrogens with zero attached hydrogens (tertiary/aromatic N) is 1. The first-order valence-electron chi connectivity index (χ1n) is 8.44. The lowest BCUT2D eigenvalue weighted by Gasteiger charge is -2.15. The summed E-state index contributed by atoms with van der Waals surface area (Å²) in [6, 6.07) is 14.7. The highest BCUT2D eigenvalue weighted by atomic mass is 16.5. The van der Waals surface area contributed by atoms with E-state index in [-0.39, 0.29) is 11.6 Å². The van der Waals surface area contributed by atoms with E-state index in [4.69, 9.17) is 9.47 Å². The van der Waals surface area contributed by atoms with Gasteiger partial charge in [0.05, 0.1) is 14.2 Å². The average molecular weight is 365 g/mol. The molecule has 6 heteroatoms. The van der Waals surface area contributed by atoms with E-state index in [0.717, 1.165) is 11.1 Å². The van der Waals surface area contributed by atoms with Crippen molar-refractivity contribution in [2.75, 3.05) is 19.5 Å². The third-order valence-electron chi connectivity index (χ3n) is 4.06. The van der Waals surface area contributed by atoms with Gasteiger partial charge in [-0.25, -0.2) is 0 Å². The molecule has 0 heterocycles. The Bertz CT molecular complexity index is 867. The minimum absolute atomic E-state index is 0.0112. The van der Waals surface area contributed by atoms with Crippen LogP contribution in [0, 0.1) is 18.3 Å². The molecule has 2 aromatic carbocycles. The summed E-state index contributed by atoms with van der Waals surface area (Å²) in [5.74, 6) is 0.790. The molecule has 0 bridgehead atoms. The van der Waals surface area contributed by atoms with Gasteiger partial charge in [-0.2, -0.15) is 5.26 Å². The highest BCUT2D eigenvalue weighted by Crippen LogP contribution is 2.29. The van der Waals surface area contributed by atoms with Gasteiger partial charge < -0.3 is 20.1 Å². The van der Waals surface area contributed by atoms with E-state index in [1.165, 1.54) is 6.20 Å². The topological polar surface area (TPSA) is 83.4 Å². The first kappa shape index (κ1) is 19.9. The number of hydrogen-bond acceptors (Lipinski definition) is 5. The van der Waals surface area contributed by atoms with E-state index in [2.05, 4.69) is 10.6 Å². The van der Waals surface area contributed by atoms with Crippen molar-refractivity contribution < 1.29 is 14.3 Å². The minimum atomic E-state index is -0.464. The van der Waals surface area contributed by atoms with E-state index < -0.39 is 5.91 Å². The summed E-state index contributed by atoms with van der Waals surface area (Å²) in [5.41, 5.74) is 2.65. The quantitative estimate of drug-likeness (QED) is 0.577. The molecule has 0 aliphatic heterocycles. The average Bonchev–Trinajstić information content (AvgIpc) is 2.69. The van der Waals surface area contributed by atoms with Crippen LogP contribution in [0.1, 0.15) is 24.1 Å². The summed E-state index contributed by atoms with van der Waals surface area (Å²) >= 11 is 0. The maximum Gasteiger partial charge on any atom is 0.267 e. The molecule has 6 nitrogen and oxygen atoms in total. The largest absolute Gasteiger partial charge is 0.493 e. The number of carbonyl (C=O) groups is 1. The van der Waals surface area contributed by atoms with Gasteiger partial charge in [0.1, 0.15) is 11.6 Å². The Labute approximate surface area is 159 Å². The van der Waals surface area contributed by atoms with Gasteiger partial charge in [0.15, 0.2) is 11.5 Å². The van der Waals surface area contributed by atoms with E-state index in [1.54, 1.807) is 26.4 Å². The maximum absolute atomic E-state index is 12.3. The van der Waals surface area contributed by atoms with Crippen molar-refractivity contribution in [3.63, 3.8) is 0 Å². The third-order valence-corrected chi connectivity index (χ3v) is 4.06. The molecule has 0 aromatic heterocycles. The standard InChI is InChI=1S/C21H23N3O3/c1-14-5-8-18(9-6-14)24-21(25)17(12-22)13-23-15(2)16-7-10-19(26-3)20(11-16)27-4/h5-11,13,15,23H,1-4H3,(H,24,25)/b17-13-. The number of nitrogens with one attached hydrogen (secondary N) is 2. The minimum Gasteiger partial charge on any atom is -0.493 e. The van der Waals surface area contributed by atoms with Gasteiger partial charge in [-0.15, -0.1) is 0 Å². The summed E-state index contributed by atoms with van der Waals surface area (Å²) in [7, 11) is 3.15. The van der Waals surface area contributed by atoms with Gasteiger partial charge in [0, 0.05) is 17.9 Å². The number of ether oxygens (including phenoxy) is 2. The van der Waals surface area contributed by atoms with Crippen LogP contribution in [-0.4, -0.2) is 20.1 Å². The molecule has 0 radical (unpaired) electrons.